The van der Waals surface area contributed by atoms with Crippen molar-refractivity contribution in [1.82, 2.24) is 14.8 Å². The van der Waals surface area contributed by atoms with Crippen LogP contribution in [-0.4, -0.2) is 71.3 Å². The Hall–Kier alpha value is -1.50. The van der Waals surface area contributed by atoms with Gasteiger partial charge in [-0.2, -0.15) is 0 Å². The van der Waals surface area contributed by atoms with E-state index in [1.807, 2.05) is 29.0 Å². The number of aliphatic hydroxyl groups is 1. The van der Waals surface area contributed by atoms with Crippen LogP contribution in [-0.2, 0) is 16.1 Å². The van der Waals surface area contributed by atoms with E-state index in [0.29, 0.717) is 19.7 Å². The maximum absolute atomic E-state index is 12.7. The van der Waals surface area contributed by atoms with Crippen LogP contribution in [0.25, 0.3) is 0 Å². The Labute approximate surface area is 137 Å². The second-order valence-electron chi connectivity index (χ2n) is 6.61. The van der Waals surface area contributed by atoms with Crippen LogP contribution in [0.1, 0.15) is 18.4 Å². The van der Waals surface area contributed by atoms with Crippen molar-refractivity contribution in [3.63, 3.8) is 0 Å². The number of carbonyl (C=O) groups is 1. The molecule has 0 bridgehead atoms. The summed E-state index contributed by atoms with van der Waals surface area (Å²) in [6.45, 7) is 2.56. The third-order valence-corrected chi connectivity index (χ3v) is 4.82. The molecule has 0 radical (unpaired) electrons. The molecular weight excluding hydrogens is 294 g/mol. The number of pyridine rings is 1. The molecule has 1 saturated heterocycles. The lowest BCUT2D eigenvalue weighted by molar-refractivity contribution is -0.144. The normalized spacial score (nSPS) is 27.3. The van der Waals surface area contributed by atoms with Crippen molar-refractivity contribution in [3.8, 4) is 0 Å². The molecule has 23 heavy (non-hydrogen) atoms. The lowest BCUT2D eigenvalue weighted by Gasteiger charge is -2.38. The van der Waals surface area contributed by atoms with E-state index in [4.69, 9.17) is 4.74 Å². The third-order valence-electron chi connectivity index (χ3n) is 4.82. The molecule has 1 aromatic rings. The summed E-state index contributed by atoms with van der Waals surface area (Å²) in [4.78, 5) is 20.7. The molecule has 6 heteroatoms. The van der Waals surface area contributed by atoms with Crippen LogP contribution in [0.15, 0.2) is 24.5 Å². The highest BCUT2D eigenvalue weighted by atomic mass is 16.5. The van der Waals surface area contributed by atoms with Gasteiger partial charge in [0.25, 0.3) is 0 Å². The van der Waals surface area contributed by atoms with Gasteiger partial charge in [-0.3, -0.25) is 14.7 Å². The number of hydrogen-bond donors (Lipinski definition) is 1. The van der Waals surface area contributed by atoms with E-state index < -0.39 is 0 Å². The number of fused-ring (bicyclic) bond motifs is 1. The Bertz CT molecular complexity index is 525. The zero-order chi connectivity index (χ0) is 16.2. The van der Waals surface area contributed by atoms with E-state index >= 15 is 0 Å². The highest BCUT2D eigenvalue weighted by Crippen LogP contribution is 2.34. The molecule has 3 rings (SSSR count). The summed E-state index contributed by atoms with van der Waals surface area (Å²) >= 11 is 0. The van der Waals surface area contributed by atoms with Crippen molar-refractivity contribution >= 4 is 5.91 Å². The largest absolute Gasteiger partial charge is 0.396 e. The van der Waals surface area contributed by atoms with Crippen molar-refractivity contribution in [1.29, 1.82) is 0 Å². The molecule has 2 heterocycles. The molecule has 126 valence electrons. The van der Waals surface area contributed by atoms with Gasteiger partial charge in [0.1, 0.15) is 0 Å². The lowest BCUT2D eigenvalue weighted by Crippen LogP contribution is -2.53. The van der Waals surface area contributed by atoms with E-state index in [-0.39, 0.29) is 30.6 Å². The van der Waals surface area contributed by atoms with Gasteiger partial charge in [-0.05, 0) is 43.5 Å². The first-order valence-corrected chi connectivity index (χ1v) is 8.26. The van der Waals surface area contributed by atoms with E-state index in [0.717, 1.165) is 24.9 Å². The van der Waals surface area contributed by atoms with Gasteiger partial charge in [0.05, 0.1) is 25.3 Å². The predicted octanol–water partition coefficient (Wildman–Crippen LogP) is 0.512. The molecule has 0 spiro atoms. The van der Waals surface area contributed by atoms with Crippen LogP contribution in [0.5, 0.6) is 0 Å². The number of hydrogen-bond acceptors (Lipinski definition) is 5. The predicted molar refractivity (Wildman–Crippen MR) is 85.6 cm³/mol. The van der Waals surface area contributed by atoms with Gasteiger partial charge in [0.15, 0.2) is 0 Å². The van der Waals surface area contributed by atoms with Crippen LogP contribution < -0.4 is 0 Å². The smallest absolute Gasteiger partial charge is 0.237 e. The molecule has 3 atom stereocenters. The second-order valence-corrected chi connectivity index (χ2v) is 6.61. The average molecular weight is 319 g/mol. The molecule has 1 aromatic heterocycles. The fraction of sp³-hybridized carbons (Fsp3) is 0.647. The molecule has 0 aromatic carbocycles. The van der Waals surface area contributed by atoms with E-state index in [9.17, 15) is 9.90 Å². The maximum Gasteiger partial charge on any atom is 0.237 e. The minimum Gasteiger partial charge on any atom is -0.396 e. The molecule has 2 fully saturated rings. The molecule has 1 amide bonds. The maximum atomic E-state index is 12.7. The van der Waals surface area contributed by atoms with Gasteiger partial charge in [0.2, 0.25) is 5.91 Å². The summed E-state index contributed by atoms with van der Waals surface area (Å²) in [5.74, 6) is 0.409. The second kappa shape index (κ2) is 7.38. The number of carbonyl (C=O) groups excluding carboxylic acids is 1. The fourth-order valence-electron chi connectivity index (χ4n) is 3.69. The first-order chi connectivity index (χ1) is 11.2. The number of aromatic nitrogens is 1. The standard InChI is InChI=1S/C17H25N3O3/c1-19(10-13-2-4-18-5-3-13)11-17(22)20-6-7-23-16-9-14(12-21)8-15(16)20/h2-5,14-16,21H,6-12H2,1H3/t14-,15+,16?/m1/s1. The topological polar surface area (TPSA) is 65.9 Å². The number of rotatable bonds is 5. The molecule has 6 nitrogen and oxygen atoms in total. The highest BCUT2D eigenvalue weighted by Gasteiger charge is 2.42. The van der Waals surface area contributed by atoms with Crippen LogP contribution >= 0.6 is 0 Å². The van der Waals surface area contributed by atoms with Crippen LogP contribution in [0.4, 0.5) is 0 Å². The Morgan fingerprint density at radius 2 is 2.22 bits per heavy atom. The first kappa shape index (κ1) is 16.4. The minimum absolute atomic E-state index is 0.0929. The Morgan fingerprint density at radius 3 is 2.96 bits per heavy atom. The van der Waals surface area contributed by atoms with Crippen molar-refractivity contribution < 1.29 is 14.6 Å². The van der Waals surface area contributed by atoms with Crippen LogP contribution in [0.3, 0.4) is 0 Å². The number of amides is 1. The van der Waals surface area contributed by atoms with Crippen molar-refractivity contribution in [2.24, 2.45) is 5.92 Å². The molecule has 2 aliphatic rings. The summed E-state index contributed by atoms with van der Waals surface area (Å²) in [7, 11) is 1.96. The fourth-order valence-corrected chi connectivity index (χ4v) is 3.69. The Morgan fingerprint density at radius 1 is 1.43 bits per heavy atom. The van der Waals surface area contributed by atoms with Gasteiger partial charge in [-0.1, -0.05) is 0 Å². The van der Waals surface area contributed by atoms with Gasteiger partial charge in [-0.25, -0.2) is 0 Å². The third kappa shape index (κ3) is 3.88. The summed E-state index contributed by atoms with van der Waals surface area (Å²) in [6, 6.07) is 4.06. The molecule has 1 aliphatic heterocycles. The number of nitrogens with zero attached hydrogens (tertiary/aromatic N) is 3. The monoisotopic (exact) mass is 319 g/mol. The van der Waals surface area contributed by atoms with E-state index in [1.165, 1.54) is 0 Å². The molecular formula is C17H25N3O3. The minimum atomic E-state index is 0.0929. The van der Waals surface area contributed by atoms with Crippen LogP contribution in [0, 0.1) is 5.92 Å². The van der Waals surface area contributed by atoms with E-state index in [2.05, 4.69) is 4.98 Å². The van der Waals surface area contributed by atoms with Gasteiger partial charge < -0.3 is 14.7 Å². The molecule has 1 unspecified atom stereocenters. The molecule has 1 saturated carbocycles. The Balaban J connectivity index is 1.57. The van der Waals surface area contributed by atoms with Gasteiger partial charge in [0, 0.05) is 32.1 Å². The first-order valence-electron chi connectivity index (χ1n) is 8.26. The Kier molecular flexibility index (Phi) is 5.25. The number of morpholine rings is 1. The van der Waals surface area contributed by atoms with Crippen molar-refractivity contribution in [2.75, 3.05) is 33.4 Å². The van der Waals surface area contributed by atoms with Crippen LogP contribution in [0.2, 0.25) is 0 Å². The van der Waals surface area contributed by atoms with Gasteiger partial charge in [-0.15, -0.1) is 0 Å². The summed E-state index contributed by atoms with van der Waals surface area (Å²) in [5, 5.41) is 9.38. The van der Waals surface area contributed by atoms with E-state index in [1.54, 1.807) is 12.4 Å². The summed E-state index contributed by atoms with van der Waals surface area (Å²) in [5.41, 5.74) is 1.15. The average Bonchev–Trinajstić information content (AvgIpc) is 2.98. The molecule has 1 aliphatic carbocycles. The summed E-state index contributed by atoms with van der Waals surface area (Å²) < 4.78 is 5.79. The SMILES string of the molecule is CN(CC(=O)N1CCOC2C[C@H](CO)C[C@@H]21)Cc1ccncc1. The number of aliphatic hydroxyl groups excluding tert-OH is 1. The summed E-state index contributed by atoms with van der Waals surface area (Å²) in [6.07, 6.45) is 5.34. The van der Waals surface area contributed by atoms with Gasteiger partial charge >= 0.3 is 0 Å². The van der Waals surface area contributed by atoms with Crippen molar-refractivity contribution in [2.45, 2.75) is 31.5 Å². The molecule has 1 N–H and O–H groups in total. The quantitative estimate of drug-likeness (QED) is 0.857. The zero-order valence-corrected chi connectivity index (χ0v) is 13.6. The zero-order valence-electron chi connectivity index (χ0n) is 13.6. The highest BCUT2D eigenvalue weighted by molar-refractivity contribution is 5.78. The number of likely N-dealkylation sites (N-methyl/N-ethyl adjacent to an activating group) is 1. The lowest BCUT2D eigenvalue weighted by atomic mass is 10.1. The number of ether oxygens (including phenoxy) is 1. The van der Waals surface area contributed by atoms with Crippen molar-refractivity contribution in [3.05, 3.63) is 30.1 Å².